The molecule has 0 aliphatic heterocycles. The fourth-order valence-electron chi connectivity index (χ4n) is 1.09. The lowest BCUT2D eigenvalue weighted by atomic mass is 10.1. The molecule has 0 saturated heterocycles. The fraction of sp³-hybridized carbons (Fsp3) is 0.778. The van der Waals surface area contributed by atoms with Crippen molar-refractivity contribution in [3.63, 3.8) is 0 Å². The van der Waals surface area contributed by atoms with Crippen molar-refractivity contribution in [2.75, 3.05) is 0 Å². The average molecular weight is 140 g/mol. The molecule has 1 heteroatoms. The van der Waals surface area contributed by atoms with Gasteiger partial charge >= 0.3 is 0 Å². The first-order chi connectivity index (χ1) is 4.52. The summed E-state index contributed by atoms with van der Waals surface area (Å²) in [6.45, 7) is 6.30. The topological polar surface area (TPSA) is 20.2 Å². The van der Waals surface area contributed by atoms with Gasteiger partial charge in [-0.2, -0.15) is 0 Å². The van der Waals surface area contributed by atoms with Gasteiger partial charge in [-0.25, -0.2) is 0 Å². The second kappa shape index (κ2) is 2.39. The third-order valence-corrected chi connectivity index (χ3v) is 2.08. The molecule has 0 aromatic heterocycles. The minimum Gasteiger partial charge on any atom is -0.393 e. The van der Waals surface area contributed by atoms with E-state index < -0.39 is 0 Å². The van der Waals surface area contributed by atoms with Crippen LogP contribution in [-0.2, 0) is 0 Å². The standard InChI is InChI=1S/C9H16O/c1-7(10)4-5-8-6-9(8,2)3/h5,7,10H,4,6H2,1-3H3/b8-5-. The minimum absolute atomic E-state index is 0.177. The first-order valence-corrected chi connectivity index (χ1v) is 3.90. The highest BCUT2D eigenvalue weighted by atomic mass is 16.3. The second-order valence-electron chi connectivity index (χ2n) is 3.87. The third-order valence-electron chi connectivity index (χ3n) is 2.08. The van der Waals surface area contributed by atoms with E-state index in [1.165, 1.54) is 12.0 Å². The third kappa shape index (κ3) is 1.84. The lowest BCUT2D eigenvalue weighted by Crippen LogP contribution is -1.95. The summed E-state index contributed by atoms with van der Waals surface area (Å²) in [4.78, 5) is 0. The number of allylic oxidation sites excluding steroid dienone is 1. The number of hydrogen-bond acceptors (Lipinski definition) is 1. The fourth-order valence-corrected chi connectivity index (χ4v) is 1.09. The van der Waals surface area contributed by atoms with Gasteiger partial charge in [0.2, 0.25) is 0 Å². The molecular weight excluding hydrogens is 124 g/mol. The number of rotatable bonds is 2. The maximum Gasteiger partial charge on any atom is 0.0546 e. The Morgan fingerprint density at radius 2 is 2.20 bits per heavy atom. The maximum absolute atomic E-state index is 8.95. The Morgan fingerprint density at radius 3 is 2.50 bits per heavy atom. The molecule has 1 N–H and O–H groups in total. The van der Waals surface area contributed by atoms with Crippen molar-refractivity contribution in [3.8, 4) is 0 Å². The van der Waals surface area contributed by atoms with E-state index in [0.29, 0.717) is 5.41 Å². The SMILES string of the molecule is CC(O)C/C=C1/CC1(C)C. The van der Waals surface area contributed by atoms with Gasteiger partial charge in [-0.15, -0.1) is 0 Å². The van der Waals surface area contributed by atoms with E-state index >= 15 is 0 Å². The van der Waals surface area contributed by atoms with Crippen LogP contribution in [-0.4, -0.2) is 11.2 Å². The normalized spacial score (nSPS) is 28.6. The quantitative estimate of drug-likeness (QED) is 0.582. The van der Waals surface area contributed by atoms with E-state index in [2.05, 4.69) is 19.9 Å². The van der Waals surface area contributed by atoms with Gasteiger partial charge in [0, 0.05) is 0 Å². The molecule has 0 heterocycles. The lowest BCUT2D eigenvalue weighted by Gasteiger charge is -1.96. The highest BCUT2D eigenvalue weighted by Crippen LogP contribution is 2.51. The molecule has 1 saturated carbocycles. The van der Waals surface area contributed by atoms with Gasteiger partial charge in [0.05, 0.1) is 6.10 Å². The second-order valence-corrected chi connectivity index (χ2v) is 3.87. The van der Waals surface area contributed by atoms with Gasteiger partial charge in [-0.3, -0.25) is 0 Å². The Hall–Kier alpha value is -0.300. The maximum atomic E-state index is 8.95. The average Bonchev–Trinajstić information content (AvgIpc) is 2.35. The van der Waals surface area contributed by atoms with Gasteiger partial charge in [0.1, 0.15) is 0 Å². The first kappa shape index (κ1) is 7.80. The molecule has 1 rings (SSSR count). The molecule has 10 heavy (non-hydrogen) atoms. The Kier molecular flexibility index (Phi) is 1.86. The molecule has 0 radical (unpaired) electrons. The summed E-state index contributed by atoms with van der Waals surface area (Å²) in [5, 5.41) is 8.95. The van der Waals surface area contributed by atoms with E-state index in [1.54, 1.807) is 0 Å². The molecule has 58 valence electrons. The molecule has 0 spiro atoms. The van der Waals surface area contributed by atoms with Crippen LogP contribution in [0.15, 0.2) is 11.6 Å². The van der Waals surface area contributed by atoms with Crippen molar-refractivity contribution in [2.24, 2.45) is 5.41 Å². The molecule has 0 amide bonds. The van der Waals surface area contributed by atoms with Crippen LogP contribution in [0, 0.1) is 5.41 Å². The van der Waals surface area contributed by atoms with E-state index in [9.17, 15) is 0 Å². The molecule has 1 aliphatic rings. The number of aliphatic hydroxyl groups excluding tert-OH is 1. The molecule has 0 aromatic carbocycles. The van der Waals surface area contributed by atoms with Crippen LogP contribution in [0.3, 0.4) is 0 Å². The summed E-state index contributed by atoms with van der Waals surface area (Å²) in [5.41, 5.74) is 1.96. The van der Waals surface area contributed by atoms with Crippen LogP contribution in [0.2, 0.25) is 0 Å². The molecule has 1 aliphatic carbocycles. The van der Waals surface area contributed by atoms with Crippen LogP contribution in [0.1, 0.15) is 33.6 Å². The summed E-state index contributed by atoms with van der Waals surface area (Å²) in [6, 6.07) is 0. The summed E-state index contributed by atoms with van der Waals surface area (Å²) in [5.74, 6) is 0. The van der Waals surface area contributed by atoms with Crippen molar-refractivity contribution in [1.29, 1.82) is 0 Å². The van der Waals surface area contributed by atoms with E-state index in [-0.39, 0.29) is 6.10 Å². The number of aliphatic hydroxyl groups is 1. The number of hydrogen-bond donors (Lipinski definition) is 1. The van der Waals surface area contributed by atoms with E-state index in [4.69, 9.17) is 5.11 Å². The van der Waals surface area contributed by atoms with Crippen LogP contribution in [0.4, 0.5) is 0 Å². The predicted molar refractivity (Wildman–Crippen MR) is 42.8 cm³/mol. The Labute approximate surface area is 62.8 Å². The zero-order valence-corrected chi connectivity index (χ0v) is 7.02. The molecule has 0 bridgehead atoms. The van der Waals surface area contributed by atoms with Gasteiger partial charge in [0.15, 0.2) is 0 Å². The predicted octanol–water partition coefficient (Wildman–Crippen LogP) is 2.11. The Balaban J connectivity index is 2.32. The molecule has 1 fully saturated rings. The molecular formula is C9H16O. The van der Waals surface area contributed by atoms with Crippen molar-refractivity contribution in [2.45, 2.75) is 39.7 Å². The van der Waals surface area contributed by atoms with Gasteiger partial charge < -0.3 is 5.11 Å². The summed E-state index contributed by atoms with van der Waals surface area (Å²) < 4.78 is 0. The zero-order chi connectivity index (χ0) is 7.78. The summed E-state index contributed by atoms with van der Waals surface area (Å²) in [6.07, 6.45) is 4.03. The Morgan fingerprint density at radius 1 is 1.70 bits per heavy atom. The summed E-state index contributed by atoms with van der Waals surface area (Å²) >= 11 is 0. The van der Waals surface area contributed by atoms with Crippen molar-refractivity contribution in [1.82, 2.24) is 0 Å². The van der Waals surface area contributed by atoms with Crippen molar-refractivity contribution < 1.29 is 5.11 Å². The lowest BCUT2D eigenvalue weighted by molar-refractivity contribution is 0.198. The smallest absolute Gasteiger partial charge is 0.0546 e. The van der Waals surface area contributed by atoms with Crippen molar-refractivity contribution >= 4 is 0 Å². The van der Waals surface area contributed by atoms with Crippen LogP contribution < -0.4 is 0 Å². The molecule has 1 unspecified atom stereocenters. The van der Waals surface area contributed by atoms with E-state index in [1.807, 2.05) is 6.92 Å². The highest BCUT2D eigenvalue weighted by molar-refractivity contribution is 5.29. The molecule has 1 atom stereocenters. The molecule has 0 aromatic rings. The summed E-state index contributed by atoms with van der Waals surface area (Å²) in [7, 11) is 0. The first-order valence-electron chi connectivity index (χ1n) is 3.90. The minimum atomic E-state index is -0.177. The van der Waals surface area contributed by atoms with Gasteiger partial charge in [-0.1, -0.05) is 25.5 Å². The van der Waals surface area contributed by atoms with Crippen molar-refractivity contribution in [3.05, 3.63) is 11.6 Å². The van der Waals surface area contributed by atoms with Crippen LogP contribution in [0.5, 0.6) is 0 Å². The van der Waals surface area contributed by atoms with Gasteiger partial charge in [-0.05, 0) is 25.2 Å². The highest BCUT2D eigenvalue weighted by Gasteiger charge is 2.38. The zero-order valence-electron chi connectivity index (χ0n) is 7.02. The monoisotopic (exact) mass is 140 g/mol. The van der Waals surface area contributed by atoms with E-state index in [0.717, 1.165) is 6.42 Å². The van der Waals surface area contributed by atoms with Crippen LogP contribution >= 0.6 is 0 Å². The molecule has 1 nitrogen and oxygen atoms in total. The van der Waals surface area contributed by atoms with Gasteiger partial charge in [0.25, 0.3) is 0 Å². The largest absolute Gasteiger partial charge is 0.393 e. The van der Waals surface area contributed by atoms with Crippen LogP contribution in [0.25, 0.3) is 0 Å². The Bertz CT molecular complexity index is 154.